The Bertz CT molecular complexity index is 246. The number of rotatable bonds is 2. The minimum Gasteiger partial charge on any atom is -0.342 e. The topological polar surface area (TPSA) is 46.3 Å². The van der Waals surface area contributed by atoms with Crippen LogP contribution in [0.2, 0.25) is 0 Å². The van der Waals surface area contributed by atoms with Gasteiger partial charge in [0.25, 0.3) is 0 Å². The van der Waals surface area contributed by atoms with Gasteiger partial charge in [0.15, 0.2) is 0 Å². The first-order valence-corrected chi connectivity index (χ1v) is 6.17. The molecule has 15 heavy (non-hydrogen) atoms. The van der Waals surface area contributed by atoms with E-state index in [-0.39, 0.29) is 5.41 Å². The summed E-state index contributed by atoms with van der Waals surface area (Å²) in [6, 6.07) is 0. The Hall–Kier alpha value is -0.570. The first-order valence-electron chi connectivity index (χ1n) is 6.17. The molecule has 1 amide bonds. The number of nitrogens with two attached hydrogens (primary N) is 1. The fourth-order valence-corrected chi connectivity index (χ4v) is 3.01. The molecule has 86 valence electrons. The van der Waals surface area contributed by atoms with Crippen LogP contribution in [0.25, 0.3) is 0 Å². The average molecular weight is 210 g/mol. The Kier molecular flexibility index (Phi) is 3.01. The van der Waals surface area contributed by atoms with Crippen LogP contribution in [0.3, 0.4) is 0 Å². The molecule has 1 atom stereocenters. The van der Waals surface area contributed by atoms with Crippen LogP contribution in [0.1, 0.15) is 39.0 Å². The summed E-state index contributed by atoms with van der Waals surface area (Å²) < 4.78 is 0. The first kappa shape index (κ1) is 10.9. The maximum absolute atomic E-state index is 12.4. The molecule has 0 radical (unpaired) electrons. The molecule has 0 aromatic carbocycles. The van der Waals surface area contributed by atoms with Gasteiger partial charge in [0.2, 0.25) is 5.91 Å². The van der Waals surface area contributed by atoms with E-state index >= 15 is 0 Å². The molecule has 0 aromatic rings. The van der Waals surface area contributed by atoms with Gasteiger partial charge >= 0.3 is 0 Å². The van der Waals surface area contributed by atoms with Gasteiger partial charge in [-0.1, -0.05) is 19.8 Å². The monoisotopic (exact) mass is 210 g/mol. The van der Waals surface area contributed by atoms with Crippen LogP contribution < -0.4 is 5.73 Å². The van der Waals surface area contributed by atoms with Gasteiger partial charge in [0, 0.05) is 19.6 Å². The normalized spacial score (nSPS) is 29.7. The first-order chi connectivity index (χ1) is 7.18. The largest absolute Gasteiger partial charge is 0.342 e. The number of hydrogen-bond donors (Lipinski definition) is 1. The lowest BCUT2D eigenvalue weighted by Gasteiger charge is -2.31. The van der Waals surface area contributed by atoms with Gasteiger partial charge in [-0.15, -0.1) is 0 Å². The van der Waals surface area contributed by atoms with Crippen LogP contribution in [0.15, 0.2) is 0 Å². The van der Waals surface area contributed by atoms with E-state index in [1.54, 1.807) is 0 Å². The van der Waals surface area contributed by atoms with E-state index in [9.17, 15) is 4.79 Å². The van der Waals surface area contributed by atoms with Gasteiger partial charge in [-0.3, -0.25) is 4.79 Å². The van der Waals surface area contributed by atoms with Crippen molar-refractivity contribution in [2.75, 3.05) is 19.6 Å². The molecule has 2 N–H and O–H groups in total. The van der Waals surface area contributed by atoms with Crippen LogP contribution in [0.4, 0.5) is 0 Å². The van der Waals surface area contributed by atoms with E-state index in [2.05, 4.69) is 6.92 Å². The standard InChI is InChI=1S/C12H22N2O/c1-10-4-7-14(8-10)11(15)12(9-13)5-2-3-6-12/h10H,2-9,13H2,1H3. The third kappa shape index (κ3) is 1.89. The van der Waals surface area contributed by atoms with Crippen LogP contribution in [-0.4, -0.2) is 30.4 Å². The molecule has 1 saturated heterocycles. The zero-order chi connectivity index (χ0) is 10.9. The van der Waals surface area contributed by atoms with Crippen LogP contribution in [0.5, 0.6) is 0 Å². The summed E-state index contributed by atoms with van der Waals surface area (Å²) in [4.78, 5) is 14.4. The van der Waals surface area contributed by atoms with Crippen LogP contribution in [0, 0.1) is 11.3 Å². The van der Waals surface area contributed by atoms with Crippen molar-refractivity contribution in [2.45, 2.75) is 39.0 Å². The molecule has 3 heteroatoms. The molecule has 1 aliphatic carbocycles. The highest BCUT2D eigenvalue weighted by atomic mass is 16.2. The van der Waals surface area contributed by atoms with Gasteiger partial charge in [-0.25, -0.2) is 0 Å². The highest BCUT2D eigenvalue weighted by Gasteiger charge is 2.43. The van der Waals surface area contributed by atoms with Crippen molar-refractivity contribution in [1.29, 1.82) is 0 Å². The zero-order valence-electron chi connectivity index (χ0n) is 9.67. The Morgan fingerprint density at radius 3 is 2.60 bits per heavy atom. The Morgan fingerprint density at radius 2 is 2.13 bits per heavy atom. The Labute approximate surface area is 92.0 Å². The minimum absolute atomic E-state index is 0.190. The van der Waals surface area contributed by atoms with Gasteiger partial charge < -0.3 is 10.6 Å². The van der Waals surface area contributed by atoms with Gasteiger partial charge in [0.1, 0.15) is 0 Å². The molecule has 2 aliphatic rings. The minimum atomic E-state index is -0.190. The van der Waals surface area contributed by atoms with Crippen molar-refractivity contribution in [3.63, 3.8) is 0 Å². The summed E-state index contributed by atoms with van der Waals surface area (Å²) in [5.74, 6) is 1.01. The number of amides is 1. The van der Waals surface area contributed by atoms with Crippen molar-refractivity contribution < 1.29 is 4.79 Å². The van der Waals surface area contributed by atoms with E-state index in [4.69, 9.17) is 5.73 Å². The maximum Gasteiger partial charge on any atom is 0.230 e. The van der Waals surface area contributed by atoms with E-state index < -0.39 is 0 Å². The summed E-state index contributed by atoms with van der Waals surface area (Å²) in [5, 5.41) is 0. The second-order valence-corrected chi connectivity index (χ2v) is 5.34. The molecule has 0 bridgehead atoms. The number of carbonyl (C=O) groups is 1. The zero-order valence-corrected chi connectivity index (χ0v) is 9.67. The number of carbonyl (C=O) groups excluding carboxylic acids is 1. The van der Waals surface area contributed by atoms with Crippen molar-refractivity contribution in [1.82, 2.24) is 4.90 Å². The molecular weight excluding hydrogens is 188 g/mol. The number of nitrogens with zero attached hydrogens (tertiary/aromatic N) is 1. The number of likely N-dealkylation sites (tertiary alicyclic amines) is 1. The molecule has 1 saturated carbocycles. The van der Waals surface area contributed by atoms with Gasteiger partial charge in [-0.05, 0) is 25.2 Å². The lowest BCUT2D eigenvalue weighted by Crippen LogP contribution is -2.45. The van der Waals surface area contributed by atoms with Crippen LogP contribution in [-0.2, 0) is 4.79 Å². The second-order valence-electron chi connectivity index (χ2n) is 5.34. The third-order valence-electron chi connectivity index (χ3n) is 4.12. The summed E-state index contributed by atoms with van der Waals surface area (Å²) in [6.07, 6.45) is 5.52. The van der Waals surface area contributed by atoms with Crippen molar-refractivity contribution in [3.05, 3.63) is 0 Å². The van der Waals surface area contributed by atoms with E-state index in [1.165, 1.54) is 12.8 Å². The number of hydrogen-bond acceptors (Lipinski definition) is 2. The molecule has 2 rings (SSSR count). The highest BCUT2D eigenvalue weighted by Crippen LogP contribution is 2.39. The molecule has 1 heterocycles. The highest BCUT2D eigenvalue weighted by molar-refractivity contribution is 5.83. The third-order valence-corrected chi connectivity index (χ3v) is 4.12. The summed E-state index contributed by atoms with van der Waals surface area (Å²) in [5.41, 5.74) is 5.63. The second kappa shape index (κ2) is 4.12. The lowest BCUT2D eigenvalue weighted by atomic mass is 9.85. The van der Waals surface area contributed by atoms with Crippen molar-refractivity contribution in [2.24, 2.45) is 17.1 Å². The molecule has 1 aliphatic heterocycles. The Morgan fingerprint density at radius 1 is 1.47 bits per heavy atom. The summed E-state index contributed by atoms with van der Waals surface area (Å²) in [7, 11) is 0. The molecular formula is C12H22N2O. The summed E-state index contributed by atoms with van der Waals surface area (Å²) >= 11 is 0. The van der Waals surface area contributed by atoms with E-state index in [0.717, 1.165) is 32.4 Å². The maximum atomic E-state index is 12.4. The molecule has 0 aromatic heterocycles. The molecule has 0 spiro atoms. The van der Waals surface area contributed by atoms with Crippen molar-refractivity contribution in [3.8, 4) is 0 Å². The SMILES string of the molecule is CC1CCN(C(=O)C2(CN)CCCC2)C1. The predicted octanol–water partition coefficient (Wildman–Crippen LogP) is 1.37. The fourth-order valence-electron chi connectivity index (χ4n) is 3.01. The smallest absolute Gasteiger partial charge is 0.230 e. The van der Waals surface area contributed by atoms with Crippen molar-refractivity contribution >= 4 is 5.91 Å². The van der Waals surface area contributed by atoms with E-state index in [1.807, 2.05) is 4.90 Å². The molecule has 1 unspecified atom stereocenters. The predicted molar refractivity (Wildman–Crippen MR) is 60.3 cm³/mol. The van der Waals surface area contributed by atoms with Gasteiger partial charge in [-0.2, -0.15) is 0 Å². The quantitative estimate of drug-likeness (QED) is 0.748. The summed E-state index contributed by atoms with van der Waals surface area (Å²) in [6.45, 7) is 4.65. The fraction of sp³-hybridized carbons (Fsp3) is 0.917. The molecule has 2 fully saturated rings. The molecule has 3 nitrogen and oxygen atoms in total. The van der Waals surface area contributed by atoms with Gasteiger partial charge in [0.05, 0.1) is 5.41 Å². The lowest BCUT2D eigenvalue weighted by molar-refractivity contribution is -0.140. The van der Waals surface area contributed by atoms with E-state index in [0.29, 0.717) is 18.4 Å². The average Bonchev–Trinajstić information content (AvgIpc) is 2.86. The van der Waals surface area contributed by atoms with Crippen LogP contribution >= 0.6 is 0 Å². The Balaban J connectivity index is 2.05.